The van der Waals surface area contributed by atoms with Crippen molar-refractivity contribution in [1.29, 1.82) is 0 Å². The standard InChI is InChI=1S/C19H25N3OS2/c1-24-11-3-10-22-9-2-4-16(12-22)19(23)21-17-7-5-15(6-8-17)18-13-25-14-20-18/h5-8,13-14,16H,2-4,9-12H2,1H3,(H,21,23)/t16-/m0/s1. The first-order valence-electron chi connectivity index (χ1n) is 8.77. The van der Waals surface area contributed by atoms with E-state index in [1.807, 2.05) is 46.9 Å². The van der Waals surface area contributed by atoms with Crippen molar-refractivity contribution in [3.05, 3.63) is 35.2 Å². The Balaban J connectivity index is 1.52. The number of aromatic nitrogens is 1. The average Bonchev–Trinajstić information content (AvgIpc) is 3.17. The van der Waals surface area contributed by atoms with Crippen LogP contribution in [-0.4, -0.2) is 47.4 Å². The summed E-state index contributed by atoms with van der Waals surface area (Å²) in [5.74, 6) is 1.44. The number of carbonyl (C=O) groups is 1. The fourth-order valence-electron chi connectivity index (χ4n) is 3.23. The topological polar surface area (TPSA) is 45.2 Å². The van der Waals surface area contributed by atoms with Crippen LogP contribution in [0.5, 0.6) is 0 Å². The number of hydrogen-bond donors (Lipinski definition) is 1. The van der Waals surface area contributed by atoms with Gasteiger partial charge in [0, 0.05) is 23.2 Å². The maximum Gasteiger partial charge on any atom is 0.228 e. The first kappa shape index (κ1) is 18.4. The number of nitrogens with zero attached hydrogens (tertiary/aromatic N) is 2. The predicted octanol–water partition coefficient (Wildman–Crippen LogP) is 4.21. The minimum Gasteiger partial charge on any atom is -0.326 e. The van der Waals surface area contributed by atoms with Gasteiger partial charge in [0.25, 0.3) is 0 Å². The van der Waals surface area contributed by atoms with Gasteiger partial charge in [-0.25, -0.2) is 4.98 Å². The van der Waals surface area contributed by atoms with E-state index in [2.05, 4.69) is 21.5 Å². The first-order valence-corrected chi connectivity index (χ1v) is 11.1. The number of amides is 1. The molecule has 6 heteroatoms. The molecule has 0 radical (unpaired) electrons. The monoisotopic (exact) mass is 375 g/mol. The molecule has 1 aliphatic rings. The molecule has 1 fully saturated rings. The van der Waals surface area contributed by atoms with Crippen LogP contribution in [0.25, 0.3) is 11.3 Å². The second-order valence-electron chi connectivity index (χ2n) is 6.43. The summed E-state index contributed by atoms with van der Waals surface area (Å²) >= 11 is 3.48. The van der Waals surface area contributed by atoms with Gasteiger partial charge in [-0.05, 0) is 56.5 Å². The van der Waals surface area contributed by atoms with Gasteiger partial charge in [0.1, 0.15) is 0 Å². The zero-order chi connectivity index (χ0) is 17.5. The summed E-state index contributed by atoms with van der Waals surface area (Å²) in [5, 5.41) is 5.11. The molecule has 4 nitrogen and oxygen atoms in total. The van der Waals surface area contributed by atoms with Gasteiger partial charge in [-0.2, -0.15) is 11.8 Å². The maximum absolute atomic E-state index is 12.6. The molecule has 2 heterocycles. The number of hydrogen-bond acceptors (Lipinski definition) is 5. The summed E-state index contributed by atoms with van der Waals surface area (Å²) in [6, 6.07) is 7.96. The van der Waals surface area contributed by atoms with Gasteiger partial charge in [-0.1, -0.05) is 12.1 Å². The van der Waals surface area contributed by atoms with Crippen LogP contribution in [0.3, 0.4) is 0 Å². The van der Waals surface area contributed by atoms with Gasteiger partial charge in [-0.15, -0.1) is 11.3 Å². The largest absolute Gasteiger partial charge is 0.326 e. The molecular formula is C19H25N3OS2. The number of anilines is 1. The van der Waals surface area contributed by atoms with Crippen molar-refractivity contribution < 1.29 is 4.79 Å². The summed E-state index contributed by atoms with van der Waals surface area (Å²) in [7, 11) is 0. The Morgan fingerprint density at radius 3 is 2.96 bits per heavy atom. The Hall–Kier alpha value is -1.37. The zero-order valence-electron chi connectivity index (χ0n) is 14.6. The SMILES string of the molecule is CSCCCN1CCC[C@H](C(=O)Nc2ccc(-c3cscn3)cc2)C1. The lowest BCUT2D eigenvalue weighted by Gasteiger charge is -2.31. The highest BCUT2D eigenvalue weighted by Crippen LogP contribution is 2.23. The van der Waals surface area contributed by atoms with Crippen molar-refractivity contribution >= 4 is 34.7 Å². The Kier molecular flexibility index (Phi) is 6.90. The van der Waals surface area contributed by atoms with Gasteiger partial charge in [0.15, 0.2) is 0 Å². The molecule has 0 spiro atoms. The molecule has 1 aromatic heterocycles. The van der Waals surface area contributed by atoms with E-state index in [4.69, 9.17) is 0 Å². The second-order valence-corrected chi connectivity index (χ2v) is 8.13. The normalized spacial score (nSPS) is 18.2. The molecule has 0 aliphatic carbocycles. The quantitative estimate of drug-likeness (QED) is 0.736. The van der Waals surface area contributed by atoms with Crippen molar-refractivity contribution in [1.82, 2.24) is 9.88 Å². The number of thiazole rings is 1. The Morgan fingerprint density at radius 1 is 1.40 bits per heavy atom. The average molecular weight is 376 g/mol. The molecule has 1 N–H and O–H groups in total. The summed E-state index contributed by atoms with van der Waals surface area (Å²) in [5.41, 5.74) is 4.76. The Labute approximate surface area is 158 Å². The molecule has 2 aromatic rings. The summed E-state index contributed by atoms with van der Waals surface area (Å²) < 4.78 is 0. The minimum atomic E-state index is 0.0984. The fraction of sp³-hybridized carbons (Fsp3) is 0.474. The molecule has 25 heavy (non-hydrogen) atoms. The van der Waals surface area contributed by atoms with E-state index in [0.29, 0.717) is 0 Å². The van der Waals surface area contributed by atoms with Crippen molar-refractivity contribution in [2.45, 2.75) is 19.3 Å². The van der Waals surface area contributed by atoms with E-state index in [9.17, 15) is 4.79 Å². The highest BCUT2D eigenvalue weighted by molar-refractivity contribution is 7.98. The molecule has 0 saturated carbocycles. The van der Waals surface area contributed by atoms with Gasteiger partial charge >= 0.3 is 0 Å². The number of carbonyl (C=O) groups excluding carboxylic acids is 1. The molecule has 0 unspecified atom stereocenters. The van der Waals surface area contributed by atoms with Crippen LogP contribution in [0.1, 0.15) is 19.3 Å². The number of rotatable bonds is 7. The fourth-order valence-corrected chi connectivity index (χ4v) is 4.21. The highest BCUT2D eigenvalue weighted by Gasteiger charge is 2.25. The highest BCUT2D eigenvalue weighted by atomic mass is 32.2. The molecule has 1 aliphatic heterocycles. The number of piperidine rings is 1. The van der Waals surface area contributed by atoms with E-state index in [0.717, 1.165) is 49.4 Å². The van der Waals surface area contributed by atoms with Crippen LogP contribution in [0.15, 0.2) is 35.2 Å². The van der Waals surface area contributed by atoms with Gasteiger partial charge in [-0.3, -0.25) is 4.79 Å². The number of benzene rings is 1. The lowest BCUT2D eigenvalue weighted by Crippen LogP contribution is -2.41. The number of likely N-dealkylation sites (tertiary alicyclic amines) is 1. The van der Waals surface area contributed by atoms with Crippen molar-refractivity contribution in [3.63, 3.8) is 0 Å². The number of thioether (sulfide) groups is 1. The van der Waals surface area contributed by atoms with Crippen LogP contribution >= 0.6 is 23.1 Å². The van der Waals surface area contributed by atoms with E-state index in [-0.39, 0.29) is 11.8 Å². The summed E-state index contributed by atoms with van der Waals surface area (Å²) in [6.07, 6.45) is 5.45. The molecule has 1 aromatic carbocycles. The smallest absolute Gasteiger partial charge is 0.228 e. The third-order valence-corrected chi connectivity index (χ3v) is 5.86. The Morgan fingerprint density at radius 2 is 2.24 bits per heavy atom. The lowest BCUT2D eigenvalue weighted by atomic mass is 9.97. The van der Waals surface area contributed by atoms with Crippen molar-refractivity contribution in [3.8, 4) is 11.3 Å². The Bertz CT molecular complexity index is 658. The van der Waals surface area contributed by atoms with Gasteiger partial charge in [0.05, 0.1) is 17.1 Å². The van der Waals surface area contributed by atoms with Crippen molar-refractivity contribution in [2.24, 2.45) is 5.92 Å². The zero-order valence-corrected chi connectivity index (χ0v) is 16.2. The molecule has 1 saturated heterocycles. The lowest BCUT2D eigenvalue weighted by molar-refractivity contribution is -0.121. The summed E-state index contributed by atoms with van der Waals surface area (Å²) in [6.45, 7) is 3.12. The second kappa shape index (κ2) is 9.36. The van der Waals surface area contributed by atoms with Crippen LogP contribution in [0.4, 0.5) is 5.69 Å². The molecule has 1 atom stereocenters. The van der Waals surface area contributed by atoms with Crippen LogP contribution in [0.2, 0.25) is 0 Å². The van der Waals surface area contributed by atoms with E-state index in [1.54, 1.807) is 11.3 Å². The predicted molar refractivity (Wildman–Crippen MR) is 108 cm³/mol. The molecule has 1 amide bonds. The van der Waals surface area contributed by atoms with E-state index < -0.39 is 0 Å². The van der Waals surface area contributed by atoms with Crippen LogP contribution in [0, 0.1) is 5.92 Å². The molecule has 3 rings (SSSR count). The number of nitrogens with one attached hydrogen (secondary N) is 1. The third kappa shape index (κ3) is 5.30. The van der Waals surface area contributed by atoms with Crippen LogP contribution in [-0.2, 0) is 4.79 Å². The third-order valence-electron chi connectivity index (χ3n) is 4.58. The maximum atomic E-state index is 12.6. The van der Waals surface area contributed by atoms with Gasteiger partial charge in [0.2, 0.25) is 5.91 Å². The van der Waals surface area contributed by atoms with E-state index >= 15 is 0 Å². The first-order chi connectivity index (χ1) is 12.3. The molecule has 134 valence electrons. The summed E-state index contributed by atoms with van der Waals surface area (Å²) in [4.78, 5) is 19.4. The molecule has 0 bridgehead atoms. The van der Waals surface area contributed by atoms with Gasteiger partial charge < -0.3 is 10.2 Å². The minimum absolute atomic E-state index is 0.0984. The molecular weight excluding hydrogens is 350 g/mol. The van der Waals surface area contributed by atoms with Crippen LogP contribution < -0.4 is 5.32 Å². The van der Waals surface area contributed by atoms with E-state index in [1.165, 1.54) is 12.2 Å². The van der Waals surface area contributed by atoms with Crippen molar-refractivity contribution in [2.75, 3.05) is 37.0 Å².